The third-order valence-corrected chi connectivity index (χ3v) is 4.44. The van der Waals surface area contributed by atoms with Gasteiger partial charge < -0.3 is 23.7 Å². The average molecular weight is 363 g/mol. The van der Waals surface area contributed by atoms with Crippen LogP contribution in [-0.4, -0.2) is 36.4 Å². The fourth-order valence-electron chi connectivity index (χ4n) is 2.97. The maximum atomic E-state index is 12.7. The smallest absolute Gasteiger partial charge is 0.287 e. The standard InChI is InChI=1S/C18H25N3O5/c1-11(2)16-20-18(26-21-16)15(12-6-8-24-9-7-12)19-17(22)14-5-4-13(25-14)10-23-3/h4-5,11-12,15H,6-10H2,1-3H3,(H,19,22). The van der Waals surface area contributed by atoms with E-state index in [0.717, 1.165) is 12.8 Å². The highest BCUT2D eigenvalue weighted by atomic mass is 16.5. The molecule has 142 valence electrons. The summed E-state index contributed by atoms with van der Waals surface area (Å²) >= 11 is 0. The van der Waals surface area contributed by atoms with Gasteiger partial charge in [-0.1, -0.05) is 19.0 Å². The number of nitrogens with zero attached hydrogens (tertiary/aromatic N) is 2. The number of nitrogens with one attached hydrogen (secondary N) is 1. The van der Waals surface area contributed by atoms with Crippen LogP contribution in [-0.2, 0) is 16.1 Å². The van der Waals surface area contributed by atoms with Gasteiger partial charge in [0.25, 0.3) is 5.91 Å². The first kappa shape index (κ1) is 18.6. The number of amides is 1. The van der Waals surface area contributed by atoms with E-state index in [9.17, 15) is 4.79 Å². The third kappa shape index (κ3) is 4.31. The van der Waals surface area contributed by atoms with E-state index in [-0.39, 0.29) is 29.5 Å². The van der Waals surface area contributed by atoms with Gasteiger partial charge in [0.1, 0.15) is 18.4 Å². The van der Waals surface area contributed by atoms with Gasteiger partial charge >= 0.3 is 0 Å². The van der Waals surface area contributed by atoms with Crippen LogP contribution < -0.4 is 5.32 Å². The van der Waals surface area contributed by atoms with E-state index in [2.05, 4.69) is 15.5 Å². The molecule has 0 aromatic carbocycles. The normalized spacial score (nSPS) is 16.8. The minimum Gasteiger partial charge on any atom is -0.453 e. The van der Waals surface area contributed by atoms with E-state index < -0.39 is 0 Å². The Bertz CT molecular complexity index is 718. The topological polar surface area (TPSA) is 99.6 Å². The maximum absolute atomic E-state index is 12.7. The predicted molar refractivity (Wildman–Crippen MR) is 91.6 cm³/mol. The molecule has 8 heteroatoms. The quantitative estimate of drug-likeness (QED) is 0.807. The molecule has 2 aromatic heterocycles. The first-order chi connectivity index (χ1) is 12.6. The highest BCUT2D eigenvalue weighted by molar-refractivity contribution is 5.91. The molecule has 0 aliphatic carbocycles. The molecule has 26 heavy (non-hydrogen) atoms. The lowest BCUT2D eigenvalue weighted by Gasteiger charge is -2.28. The van der Waals surface area contributed by atoms with Gasteiger partial charge in [-0.2, -0.15) is 4.98 Å². The van der Waals surface area contributed by atoms with Crippen molar-refractivity contribution >= 4 is 5.91 Å². The number of rotatable bonds is 7. The van der Waals surface area contributed by atoms with Gasteiger partial charge in [0.05, 0.1) is 0 Å². The number of carbonyl (C=O) groups is 1. The van der Waals surface area contributed by atoms with Crippen molar-refractivity contribution in [2.45, 2.75) is 45.3 Å². The number of methoxy groups -OCH3 is 1. The van der Waals surface area contributed by atoms with Crippen molar-refractivity contribution in [2.75, 3.05) is 20.3 Å². The van der Waals surface area contributed by atoms with Crippen molar-refractivity contribution in [3.05, 3.63) is 35.4 Å². The van der Waals surface area contributed by atoms with Crippen LogP contribution in [0, 0.1) is 5.92 Å². The van der Waals surface area contributed by atoms with Gasteiger partial charge in [-0.15, -0.1) is 0 Å². The highest BCUT2D eigenvalue weighted by Gasteiger charge is 2.32. The Morgan fingerprint density at radius 2 is 2.12 bits per heavy atom. The zero-order valence-electron chi connectivity index (χ0n) is 15.4. The number of carbonyl (C=O) groups excluding carboxylic acids is 1. The molecule has 1 fully saturated rings. The molecule has 3 heterocycles. The van der Waals surface area contributed by atoms with Crippen molar-refractivity contribution in [1.29, 1.82) is 0 Å². The van der Waals surface area contributed by atoms with Gasteiger partial charge in [0, 0.05) is 26.2 Å². The largest absolute Gasteiger partial charge is 0.453 e. The summed E-state index contributed by atoms with van der Waals surface area (Å²) in [5, 5.41) is 7.03. The van der Waals surface area contributed by atoms with Crippen LogP contribution in [0.1, 0.15) is 66.7 Å². The first-order valence-electron chi connectivity index (χ1n) is 8.88. The first-order valence-corrected chi connectivity index (χ1v) is 8.88. The highest BCUT2D eigenvalue weighted by Crippen LogP contribution is 2.30. The van der Waals surface area contributed by atoms with Crippen molar-refractivity contribution in [3.63, 3.8) is 0 Å². The molecular formula is C18H25N3O5. The molecule has 1 unspecified atom stereocenters. The lowest BCUT2D eigenvalue weighted by atomic mass is 9.91. The van der Waals surface area contributed by atoms with Crippen molar-refractivity contribution in [1.82, 2.24) is 15.5 Å². The number of furan rings is 1. The number of hydrogen-bond donors (Lipinski definition) is 1. The number of hydrogen-bond acceptors (Lipinski definition) is 7. The van der Waals surface area contributed by atoms with Gasteiger partial charge in [0.15, 0.2) is 11.6 Å². The second kappa shape index (κ2) is 8.46. The molecule has 2 aromatic rings. The predicted octanol–water partition coefficient (Wildman–Crippen LogP) is 2.83. The monoisotopic (exact) mass is 363 g/mol. The molecule has 1 aliphatic heterocycles. The average Bonchev–Trinajstić information content (AvgIpc) is 3.30. The zero-order valence-corrected chi connectivity index (χ0v) is 15.4. The van der Waals surface area contributed by atoms with Gasteiger partial charge in [-0.05, 0) is 30.9 Å². The molecular weight excluding hydrogens is 338 g/mol. The summed E-state index contributed by atoms with van der Waals surface area (Å²) in [5.74, 6) is 1.90. The summed E-state index contributed by atoms with van der Waals surface area (Å²) in [4.78, 5) is 17.1. The van der Waals surface area contributed by atoms with E-state index in [1.165, 1.54) is 0 Å². The summed E-state index contributed by atoms with van der Waals surface area (Å²) in [5.41, 5.74) is 0. The Hall–Kier alpha value is -2.19. The Labute approximate surface area is 152 Å². The van der Waals surface area contributed by atoms with Crippen molar-refractivity contribution in [2.24, 2.45) is 5.92 Å². The second-order valence-electron chi connectivity index (χ2n) is 6.75. The summed E-state index contributed by atoms with van der Waals surface area (Å²) in [6.45, 7) is 5.62. The minimum atomic E-state index is -0.373. The molecule has 1 saturated heterocycles. The summed E-state index contributed by atoms with van der Waals surface area (Å²) in [6, 6.07) is 2.99. The summed E-state index contributed by atoms with van der Waals surface area (Å²) in [6.07, 6.45) is 1.63. The van der Waals surface area contributed by atoms with Crippen LogP contribution >= 0.6 is 0 Å². The van der Waals surface area contributed by atoms with Crippen LogP contribution in [0.3, 0.4) is 0 Å². The van der Waals surface area contributed by atoms with Gasteiger partial charge in [0.2, 0.25) is 5.89 Å². The van der Waals surface area contributed by atoms with Crippen LogP contribution in [0.25, 0.3) is 0 Å². The second-order valence-corrected chi connectivity index (χ2v) is 6.75. The van der Waals surface area contributed by atoms with E-state index in [1.54, 1.807) is 19.2 Å². The van der Waals surface area contributed by atoms with E-state index in [4.69, 9.17) is 18.4 Å². The lowest BCUT2D eigenvalue weighted by molar-refractivity contribution is 0.0462. The molecule has 1 amide bonds. The molecule has 0 spiro atoms. The molecule has 0 bridgehead atoms. The van der Waals surface area contributed by atoms with E-state index in [0.29, 0.717) is 37.3 Å². The summed E-state index contributed by atoms with van der Waals surface area (Å²) < 4.78 is 21.4. The molecule has 8 nitrogen and oxygen atoms in total. The Balaban J connectivity index is 1.78. The third-order valence-electron chi connectivity index (χ3n) is 4.44. The lowest BCUT2D eigenvalue weighted by Crippen LogP contribution is -2.36. The minimum absolute atomic E-state index is 0.153. The van der Waals surface area contributed by atoms with Gasteiger partial charge in [-0.3, -0.25) is 4.79 Å². The Morgan fingerprint density at radius 1 is 1.35 bits per heavy atom. The molecule has 1 aliphatic rings. The van der Waals surface area contributed by atoms with Crippen LogP contribution in [0.5, 0.6) is 0 Å². The molecule has 3 rings (SSSR count). The molecule has 0 radical (unpaired) electrons. The van der Waals surface area contributed by atoms with Crippen molar-refractivity contribution in [3.8, 4) is 0 Å². The van der Waals surface area contributed by atoms with Crippen LogP contribution in [0.4, 0.5) is 0 Å². The van der Waals surface area contributed by atoms with E-state index in [1.807, 2.05) is 13.8 Å². The van der Waals surface area contributed by atoms with Gasteiger partial charge in [-0.25, -0.2) is 0 Å². The maximum Gasteiger partial charge on any atom is 0.287 e. The SMILES string of the molecule is COCc1ccc(C(=O)NC(c2nc(C(C)C)no2)C2CCOCC2)o1. The Kier molecular flexibility index (Phi) is 6.05. The van der Waals surface area contributed by atoms with Crippen LogP contribution in [0.15, 0.2) is 21.1 Å². The fraction of sp³-hybridized carbons (Fsp3) is 0.611. The molecule has 0 saturated carbocycles. The number of ether oxygens (including phenoxy) is 2. The fourth-order valence-corrected chi connectivity index (χ4v) is 2.97. The van der Waals surface area contributed by atoms with Crippen LogP contribution in [0.2, 0.25) is 0 Å². The summed E-state index contributed by atoms with van der Waals surface area (Å²) in [7, 11) is 1.57. The number of aromatic nitrogens is 2. The van der Waals surface area contributed by atoms with Crippen molar-refractivity contribution < 1.29 is 23.2 Å². The zero-order chi connectivity index (χ0) is 18.5. The Morgan fingerprint density at radius 3 is 2.77 bits per heavy atom. The van der Waals surface area contributed by atoms with E-state index >= 15 is 0 Å². The molecule has 1 atom stereocenters. The molecule has 1 N–H and O–H groups in total.